The van der Waals surface area contributed by atoms with Crippen LogP contribution in [-0.2, 0) is 11.3 Å². The Morgan fingerprint density at radius 1 is 1.10 bits per heavy atom. The zero-order valence-electron chi connectivity index (χ0n) is 18.2. The molecule has 7 heteroatoms. The van der Waals surface area contributed by atoms with Gasteiger partial charge >= 0.3 is 6.03 Å². The van der Waals surface area contributed by atoms with E-state index in [0.29, 0.717) is 19.6 Å². The van der Waals surface area contributed by atoms with Crippen LogP contribution in [0, 0.1) is 0 Å². The maximum Gasteiger partial charge on any atom is 0.318 e. The Balaban J connectivity index is 1.90. The van der Waals surface area contributed by atoms with Gasteiger partial charge in [-0.2, -0.15) is 0 Å². The van der Waals surface area contributed by atoms with Gasteiger partial charge in [-0.1, -0.05) is 49.4 Å². The lowest BCUT2D eigenvalue weighted by molar-refractivity contribution is -0.119. The summed E-state index contributed by atoms with van der Waals surface area (Å²) in [5.74, 6) is 0.972. The molecule has 0 spiro atoms. The molecule has 0 saturated carbocycles. The number of hydrogen-bond donors (Lipinski definition) is 2. The molecule has 0 radical (unpaired) electrons. The number of likely N-dealkylation sites (N-methyl/N-ethyl adjacent to an activating group) is 2. The van der Waals surface area contributed by atoms with Crippen molar-refractivity contribution in [2.24, 2.45) is 0 Å². The standard InChI is InChI=1S/C23H32N4O3/c1-18(20-8-6-5-7-9-20)15-27(17-28)16-22(24-2)26(3)23(29)25-14-19-10-12-21(30-4)13-11-19/h5-13,17-18,22,24H,14-16H2,1-4H3,(H,25,29). The topological polar surface area (TPSA) is 73.9 Å². The Hall–Kier alpha value is -3.06. The summed E-state index contributed by atoms with van der Waals surface area (Å²) < 4.78 is 5.15. The van der Waals surface area contributed by atoms with Crippen LogP contribution in [0.2, 0.25) is 0 Å². The Kier molecular flexibility index (Phi) is 9.15. The molecule has 3 amide bonds. The van der Waals surface area contributed by atoms with Crippen LogP contribution in [0.1, 0.15) is 24.0 Å². The number of benzene rings is 2. The predicted octanol–water partition coefficient (Wildman–Crippen LogP) is 2.64. The number of urea groups is 1. The van der Waals surface area contributed by atoms with Gasteiger partial charge in [-0.15, -0.1) is 0 Å². The number of nitrogens with one attached hydrogen (secondary N) is 2. The summed E-state index contributed by atoms with van der Waals surface area (Å²) in [6.07, 6.45) is 0.529. The highest BCUT2D eigenvalue weighted by Gasteiger charge is 2.21. The normalized spacial score (nSPS) is 12.5. The number of amides is 3. The van der Waals surface area contributed by atoms with Gasteiger partial charge in [0.1, 0.15) is 11.9 Å². The van der Waals surface area contributed by atoms with Gasteiger partial charge in [-0.25, -0.2) is 4.79 Å². The van der Waals surface area contributed by atoms with Gasteiger partial charge in [-0.05, 0) is 36.2 Å². The van der Waals surface area contributed by atoms with Crippen molar-refractivity contribution in [2.75, 3.05) is 34.3 Å². The van der Waals surface area contributed by atoms with Crippen LogP contribution in [0.25, 0.3) is 0 Å². The van der Waals surface area contributed by atoms with Crippen LogP contribution in [0.4, 0.5) is 4.79 Å². The molecule has 162 valence electrons. The van der Waals surface area contributed by atoms with E-state index in [1.807, 2.05) is 42.5 Å². The first kappa shape index (κ1) is 23.2. The van der Waals surface area contributed by atoms with E-state index in [1.54, 1.807) is 31.0 Å². The highest BCUT2D eigenvalue weighted by atomic mass is 16.5. The first-order valence-electron chi connectivity index (χ1n) is 10.0. The van der Waals surface area contributed by atoms with Gasteiger partial charge in [0.25, 0.3) is 0 Å². The van der Waals surface area contributed by atoms with Crippen LogP contribution in [0.3, 0.4) is 0 Å². The summed E-state index contributed by atoms with van der Waals surface area (Å²) in [5.41, 5.74) is 2.15. The second-order valence-electron chi connectivity index (χ2n) is 7.29. The third-order valence-corrected chi connectivity index (χ3v) is 5.16. The Bertz CT molecular complexity index is 783. The molecule has 2 atom stereocenters. The first-order chi connectivity index (χ1) is 14.5. The van der Waals surface area contributed by atoms with Gasteiger partial charge in [0, 0.05) is 20.1 Å². The van der Waals surface area contributed by atoms with Crippen LogP contribution in [0.15, 0.2) is 54.6 Å². The van der Waals surface area contributed by atoms with Gasteiger partial charge in [0.2, 0.25) is 6.41 Å². The monoisotopic (exact) mass is 412 g/mol. The second-order valence-corrected chi connectivity index (χ2v) is 7.29. The molecule has 0 bridgehead atoms. The highest BCUT2D eigenvalue weighted by molar-refractivity contribution is 5.74. The molecule has 0 aliphatic carbocycles. The van der Waals surface area contributed by atoms with Gasteiger partial charge in [0.15, 0.2) is 0 Å². The maximum atomic E-state index is 12.6. The van der Waals surface area contributed by atoms with Crippen molar-refractivity contribution in [1.29, 1.82) is 0 Å². The molecule has 30 heavy (non-hydrogen) atoms. The van der Waals surface area contributed by atoms with E-state index < -0.39 is 0 Å². The molecule has 2 rings (SSSR count). The average Bonchev–Trinajstić information content (AvgIpc) is 2.80. The minimum Gasteiger partial charge on any atom is -0.497 e. The Morgan fingerprint density at radius 3 is 2.33 bits per heavy atom. The quantitative estimate of drug-likeness (QED) is 0.440. The molecule has 0 aliphatic rings. The van der Waals surface area contributed by atoms with Gasteiger partial charge in [0.05, 0.1) is 13.7 Å². The van der Waals surface area contributed by atoms with Crippen LogP contribution in [-0.4, -0.2) is 62.7 Å². The predicted molar refractivity (Wildman–Crippen MR) is 118 cm³/mol. The molecule has 0 aliphatic heterocycles. The maximum absolute atomic E-state index is 12.6. The van der Waals surface area contributed by atoms with Crippen molar-refractivity contribution in [3.63, 3.8) is 0 Å². The van der Waals surface area contributed by atoms with Gasteiger partial charge in [-0.3, -0.25) is 10.1 Å². The number of hydrogen-bond acceptors (Lipinski definition) is 4. The molecule has 7 nitrogen and oxygen atoms in total. The number of nitrogens with zero attached hydrogens (tertiary/aromatic N) is 2. The number of methoxy groups -OCH3 is 1. The van der Waals surface area contributed by atoms with E-state index in [0.717, 1.165) is 17.7 Å². The molecule has 2 aromatic rings. The third kappa shape index (κ3) is 6.77. The number of rotatable bonds is 11. The van der Waals surface area contributed by atoms with E-state index in [9.17, 15) is 9.59 Å². The molecule has 0 fully saturated rings. The molecule has 0 saturated heterocycles. The fraction of sp³-hybridized carbons (Fsp3) is 0.391. The number of carbonyl (C=O) groups excluding carboxylic acids is 2. The summed E-state index contributed by atoms with van der Waals surface area (Å²) >= 11 is 0. The average molecular weight is 413 g/mol. The van der Waals surface area contributed by atoms with Crippen molar-refractivity contribution in [3.05, 3.63) is 65.7 Å². The SMILES string of the molecule is CNC(CN(C=O)CC(C)c1ccccc1)N(C)C(=O)NCc1ccc(OC)cc1. The second kappa shape index (κ2) is 11.8. The van der Waals surface area contributed by atoms with Gasteiger partial charge < -0.3 is 19.9 Å². The summed E-state index contributed by atoms with van der Waals surface area (Å²) in [7, 11) is 5.11. The molecular formula is C23H32N4O3. The first-order valence-corrected chi connectivity index (χ1v) is 10.0. The summed E-state index contributed by atoms with van der Waals surface area (Å²) in [6.45, 7) is 3.47. The lowest BCUT2D eigenvalue weighted by Crippen LogP contribution is -2.54. The van der Waals surface area contributed by atoms with E-state index in [4.69, 9.17) is 4.74 Å². The molecule has 2 N–H and O–H groups in total. The smallest absolute Gasteiger partial charge is 0.318 e. The Morgan fingerprint density at radius 2 is 1.77 bits per heavy atom. The number of ether oxygens (including phenoxy) is 1. The zero-order valence-corrected chi connectivity index (χ0v) is 18.2. The fourth-order valence-electron chi connectivity index (χ4n) is 3.22. The van der Waals surface area contributed by atoms with E-state index in [1.165, 1.54) is 5.56 Å². The van der Waals surface area contributed by atoms with Crippen molar-refractivity contribution < 1.29 is 14.3 Å². The van der Waals surface area contributed by atoms with Crippen LogP contribution in [0.5, 0.6) is 5.75 Å². The minimum atomic E-state index is -0.311. The molecule has 0 aromatic heterocycles. The molecule has 0 heterocycles. The van der Waals surface area contributed by atoms with Crippen LogP contribution >= 0.6 is 0 Å². The van der Waals surface area contributed by atoms with E-state index >= 15 is 0 Å². The van der Waals surface area contributed by atoms with Crippen LogP contribution < -0.4 is 15.4 Å². The molecule has 2 aromatic carbocycles. The van der Waals surface area contributed by atoms with E-state index in [2.05, 4.69) is 29.7 Å². The summed E-state index contributed by atoms with van der Waals surface area (Å²) in [6, 6.07) is 17.4. The van der Waals surface area contributed by atoms with Crippen molar-refractivity contribution >= 4 is 12.4 Å². The summed E-state index contributed by atoms with van der Waals surface area (Å²) in [4.78, 5) is 27.5. The molecule has 2 unspecified atom stereocenters. The number of carbonyl (C=O) groups is 2. The third-order valence-electron chi connectivity index (χ3n) is 5.16. The minimum absolute atomic E-state index is 0.197. The largest absolute Gasteiger partial charge is 0.497 e. The summed E-state index contributed by atoms with van der Waals surface area (Å²) in [5, 5.41) is 6.03. The zero-order chi connectivity index (χ0) is 21.9. The van der Waals surface area contributed by atoms with E-state index in [-0.39, 0.29) is 18.1 Å². The van der Waals surface area contributed by atoms with Crippen molar-refractivity contribution in [3.8, 4) is 5.75 Å². The van der Waals surface area contributed by atoms with Crippen molar-refractivity contribution in [2.45, 2.75) is 25.6 Å². The molecular weight excluding hydrogens is 380 g/mol. The Labute approximate surface area is 179 Å². The lowest BCUT2D eigenvalue weighted by atomic mass is 10.0. The fourth-order valence-corrected chi connectivity index (χ4v) is 3.22. The highest BCUT2D eigenvalue weighted by Crippen LogP contribution is 2.16. The van der Waals surface area contributed by atoms with Crippen molar-refractivity contribution in [1.82, 2.24) is 20.4 Å². The lowest BCUT2D eigenvalue weighted by Gasteiger charge is -2.32.